The van der Waals surface area contributed by atoms with Gasteiger partial charge >= 0.3 is 0 Å². The van der Waals surface area contributed by atoms with Crippen molar-refractivity contribution in [1.29, 1.82) is 0 Å². The molecule has 1 aliphatic rings. The van der Waals surface area contributed by atoms with Gasteiger partial charge < -0.3 is 4.74 Å². The summed E-state index contributed by atoms with van der Waals surface area (Å²) in [6.07, 6.45) is 7.01. The second kappa shape index (κ2) is 5.87. The zero-order valence-electron chi connectivity index (χ0n) is 11.1. The normalized spacial score (nSPS) is 15.6. The van der Waals surface area contributed by atoms with Gasteiger partial charge in [0, 0.05) is 12.1 Å². The molecule has 1 aliphatic carbocycles. The van der Waals surface area contributed by atoms with Crippen molar-refractivity contribution < 1.29 is 4.74 Å². The molecule has 1 fully saturated rings. The van der Waals surface area contributed by atoms with Gasteiger partial charge in [-0.3, -0.25) is 4.98 Å². The van der Waals surface area contributed by atoms with Crippen LogP contribution in [0.1, 0.15) is 42.9 Å². The number of rotatable bonds is 4. The van der Waals surface area contributed by atoms with Crippen molar-refractivity contribution in [2.75, 3.05) is 0 Å². The minimum absolute atomic E-state index is 0.590. The van der Waals surface area contributed by atoms with Gasteiger partial charge in [0.25, 0.3) is 0 Å². The minimum Gasteiger partial charge on any atom is -0.487 e. The first-order valence-electron chi connectivity index (χ1n) is 7.05. The molecule has 0 N–H and O–H groups in total. The first kappa shape index (κ1) is 12.2. The van der Waals surface area contributed by atoms with Crippen LogP contribution in [0, 0.1) is 0 Å². The highest BCUT2D eigenvalue weighted by Crippen LogP contribution is 2.37. The van der Waals surface area contributed by atoms with E-state index in [4.69, 9.17) is 4.74 Å². The minimum atomic E-state index is 0.590. The van der Waals surface area contributed by atoms with Crippen LogP contribution in [0.2, 0.25) is 0 Å². The van der Waals surface area contributed by atoms with Gasteiger partial charge in [-0.05, 0) is 30.5 Å². The number of aromatic nitrogens is 1. The molecule has 2 aromatic rings. The molecule has 1 saturated carbocycles. The first-order chi connectivity index (χ1) is 9.43. The van der Waals surface area contributed by atoms with Crippen LogP contribution in [-0.4, -0.2) is 4.98 Å². The molecule has 2 heteroatoms. The second-order valence-electron chi connectivity index (χ2n) is 5.14. The fourth-order valence-electron chi connectivity index (χ4n) is 2.77. The van der Waals surface area contributed by atoms with Gasteiger partial charge in [-0.2, -0.15) is 0 Å². The second-order valence-corrected chi connectivity index (χ2v) is 5.14. The molecule has 1 aromatic carbocycles. The summed E-state index contributed by atoms with van der Waals surface area (Å²) in [6, 6.07) is 14.3. The summed E-state index contributed by atoms with van der Waals surface area (Å²) in [5.74, 6) is 1.55. The summed E-state index contributed by atoms with van der Waals surface area (Å²) in [5.41, 5.74) is 2.35. The Kier molecular flexibility index (Phi) is 3.78. The van der Waals surface area contributed by atoms with E-state index in [9.17, 15) is 0 Å². The van der Waals surface area contributed by atoms with E-state index in [0.717, 1.165) is 11.4 Å². The third-order valence-electron chi connectivity index (χ3n) is 3.78. The molecule has 19 heavy (non-hydrogen) atoms. The first-order valence-corrected chi connectivity index (χ1v) is 7.05. The maximum atomic E-state index is 5.97. The van der Waals surface area contributed by atoms with E-state index in [1.54, 1.807) is 0 Å². The Morgan fingerprint density at radius 1 is 1.00 bits per heavy atom. The summed E-state index contributed by atoms with van der Waals surface area (Å²) in [6.45, 7) is 0.617. The van der Waals surface area contributed by atoms with Crippen molar-refractivity contribution in [3.8, 4) is 5.75 Å². The third kappa shape index (κ3) is 2.95. The highest BCUT2D eigenvalue weighted by molar-refractivity contribution is 5.31. The quantitative estimate of drug-likeness (QED) is 0.809. The van der Waals surface area contributed by atoms with Crippen molar-refractivity contribution >= 4 is 0 Å². The summed E-state index contributed by atoms with van der Waals surface area (Å²) in [4.78, 5) is 4.55. The number of benzene rings is 1. The van der Waals surface area contributed by atoms with Gasteiger partial charge in [0.1, 0.15) is 12.4 Å². The molecule has 1 aromatic heterocycles. The Bertz CT molecular complexity index is 518. The molecule has 0 aliphatic heterocycles. The van der Waals surface area contributed by atoms with Crippen molar-refractivity contribution in [1.82, 2.24) is 4.98 Å². The van der Waals surface area contributed by atoms with E-state index < -0.39 is 0 Å². The molecule has 3 rings (SSSR count). The lowest BCUT2D eigenvalue weighted by Gasteiger charge is -2.14. The fourth-order valence-corrected chi connectivity index (χ4v) is 2.77. The Morgan fingerprint density at radius 3 is 2.58 bits per heavy atom. The maximum absolute atomic E-state index is 5.97. The van der Waals surface area contributed by atoms with Gasteiger partial charge in [-0.1, -0.05) is 43.2 Å². The van der Waals surface area contributed by atoms with E-state index in [-0.39, 0.29) is 0 Å². The predicted octanol–water partition coefficient (Wildman–Crippen LogP) is 4.32. The molecule has 0 atom stereocenters. The Hall–Kier alpha value is -1.83. The number of nitrogens with zero attached hydrogens (tertiary/aromatic N) is 1. The van der Waals surface area contributed by atoms with Crippen LogP contribution in [0.4, 0.5) is 0 Å². The maximum Gasteiger partial charge on any atom is 0.141 e. The van der Waals surface area contributed by atoms with E-state index in [1.165, 1.54) is 31.2 Å². The molecular formula is C17H19NO. The molecular weight excluding hydrogens is 234 g/mol. The highest BCUT2D eigenvalue weighted by atomic mass is 16.5. The fraction of sp³-hybridized carbons (Fsp3) is 0.353. The number of ether oxygens (including phenoxy) is 1. The molecule has 98 valence electrons. The molecule has 0 radical (unpaired) electrons. The SMILES string of the molecule is c1ccc(COc2cccnc2C2CCCC2)cc1. The van der Waals surface area contributed by atoms with Gasteiger partial charge in [-0.25, -0.2) is 0 Å². The highest BCUT2D eigenvalue weighted by Gasteiger charge is 2.21. The average molecular weight is 253 g/mol. The van der Waals surface area contributed by atoms with Crippen LogP contribution < -0.4 is 4.74 Å². The lowest BCUT2D eigenvalue weighted by Crippen LogP contribution is -2.03. The predicted molar refractivity (Wildman–Crippen MR) is 76.2 cm³/mol. The lowest BCUT2D eigenvalue weighted by atomic mass is 10.0. The number of hydrogen-bond acceptors (Lipinski definition) is 2. The molecule has 0 amide bonds. The van der Waals surface area contributed by atoms with Gasteiger partial charge in [0.15, 0.2) is 0 Å². The molecule has 0 unspecified atom stereocenters. The molecule has 2 nitrogen and oxygen atoms in total. The Labute approximate surface area is 114 Å². The molecule has 1 heterocycles. The third-order valence-corrected chi connectivity index (χ3v) is 3.78. The Morgan fingerprint density at radius 2 is 1.79 bits per heavy atom. The summed E-state index contributed by atoms with van der Waals surface area (Å²) in [5, 5.41) is 0. The van der Waals surface area contributed by atoms with Gasteiger partial charge in [0.2, 0.25) is 0 Å². The van der Waals surface area contributed by atoms with Crippen LogP contribution in [0.5, 0.6) is 5.75 Å². The summed E-state index contributed by atoms with van der Waals surface area (Å²) < 4.78 is 5.97. The van der Waals surface area contributed by atoms with Crippen molar-refractivity contribution in [2.24, 2.45) is 0 Å². The van der Waals surface area contributed by atoms with Crippen LogP contribution >= 0.6 is 0 Å². The largest absolute Gasteiger partial charge is 0.487 e. The van der Waals surface area contributed by atoms with Crippen LogP contribution in [0.15, 0.2) is 48.7 Å². The molecule has 0 bridgehead atoms. The summed E-state index contributed by atoms with van der Waals surface area (Å²) >= 11 is 0. The van der Waals surface area contributed by atoms with Crippen LogP contribution in [0.25, 0.3) is 0 Å². The lowest BCUT2D eigenvalue weighted by molar-refractivity contribution is 0.299. The van der Waals surface area contributed by atoms with E-state index >= 15 is 0 Å². The number of pyridine rings is 1. The topological polar surface area (TPSA) is 22.1 Å². The van der Waals surface area contributed by atoms with Crippen molar-refractivity contribution in [2.45, 2.75) is 38.2 Å². The van der Waals surface area contributed by atoms with E-state index in [1.807, 2.05) is 36.5 Å². The molecule has 0 saturated heterocycles. The van der Waals surface area contributed by atoms with Gasteiger partial charge in [0.05, 0.1) is 5.69 Å². The van der Waals surface area contributed by atoms with E-state index in [0.29, 0.717) is 12.5 Å². The smallest absolute Gasteiger partial charge is 0.141 e. The monoisotopic (exact) mass is 253 g/mol. The van der Waals surface area contributed by atoms with Crippen LogP contribution in [-0.2, 0) is 6.61 Å². The molecule has 0 spiro atoms. The van der Waals surface area contributed by atoms with Crippen molar-refractivity contribution in [3.63, 3.8) is 0 Å². The zero-order chi connectivity index (χ0) is 12.9. The van der Waals surface area contributed by atoms with Gasteiger partial charge in [-0.15, -0.1) is 0 Å². The van der Waals surface area contributed by atoms with E-state index in [2.05, 4.69) is 17.1 Å². The van der Waals surface area contributed by atoms with Crippen molar-refractivity contribution in [3.05, 3.63) is 59.9 Å². The standard InChI is InChI=1S/C17H19NO/c1-2-7-14(8-3-1)13-19-16-11-6-12-18-17(16)15-9-4-5-10-15/h1-3,6-8,11-12,15H,4-5,9-10,13H2. The Balaban J connectivity index is 1.73. The average Bonchev–Trinajstić information content (AvgIpc) is 3.01. The zero-order valence-corrected chi connectivity index (χ0v) is 11.1. The number of hydrogen-bond donors (Lipinski definition) is 0. The van der Waals surface area contributed by atoms with Crippen LogP contribution in [0.3, 0.4) is 0 Å². The summed E-state index contributed by atoms with van der Waals surface area (Å²) in [7, 11) is 0.